The largest absolute Gasteiger partial charge is 0.508 e. The van der Waals surface area contributed by atoms with E-state index < -0.39 is 0 Å². The molecule has 0 radical (unpaired) electrons. The van der Waals surface area contributed by atoms with Crippen LogP contribution in [0.25, 0.3) is 0 Å². The minimum atomic E-state index is 0.244. The Hall–Kier alpha value is -0.500. The molecule has 0 aromatic heterocycles. The second kappa shape index (κ2) is 5.02. The number of halogens is 1. The van der Waals surface area contributed by atoms with Crippen molar-refractivity contribution in [1.29, 1.82) is 0 Å². The van der Waals surface area contributed by atoms with Gasteiger partial charge >= 0.3 is 0 Å². The van der Waals surface area contributed by atoms with E-state index in [-0.39, 0.29) is 5.41 Å². The molecule has 0 aliphatic rings. The van der Waals surface area contributed by atoms with Crippen LogP contribution in [0.5, 0.6) is 5.75 Å². The van der Waals surface area contributed by atoms with E-state index in [9.17, 15) is 5.11 Å². The van der Waals surface area contributed by atoms with Crippen LogP contribution in [0.3, 0.4) is 0 Å². The van der Waals surface area contributed by atoms with E-state index in [1.54, 1.807) is 6.07 Å². The van der Waals surface area contributed by atoms with E-state index in [0.717, 1.165) is 11.8 Å². The lowest BCUT2D eigenvalue weighted by atomic mass is 9.76. The number of phenolic OH excluding ortho intramolecular Hbond substituents is 1. The van der Waals surface area contributed by atoms with Crippen molar-refractivity contribution in [2.75, 3.05) is 5.33 Å². The second-order valence-corrected chi connectivity index (χ2v) is 5.35. The molecule has 0 fully saturated rings. The molecule has 1 nitrogen and oxygen atoms in total. The van der Waals surface area contributed by atoms with Crippen LogP contribution in [0.15, 0.2) is 24.3 Å². The summed E-state index contributed by atoms with van der Waals surface area (Å²) >= 11 is 3.59. The molecule has 0 amide bonds. The number of benzene rings is 1. The summed E-state index contributed by atoms with van der Waals surface area (Å²) in [6, 6.07) is 7.54. The Kier molecular flexibility index (Phi) is 4.21. The zero-order chi connectivity index (χ0) is 11.5. The minimum Gasteiger partial charge on any atom is -0.508 e. The van der Waals surface area contributed by atoms with Gasteiger partial charge in [-0.05, 0) is 35.4 Å². The first-order valence-corrected chi connectivity index (χ1v) is 6.44. The molecule has 1 atom stereocenters. The van der Waals surface area contributed by atoms with Gasteiger partial charge in [0.15, 0.2) is 0 Å². The van der Waals surface area contributed by atoms with Gasteiger partial charge in [-0.1, -0.05) is 48.8 Å². The van der Waals surface area contributed by atoms with E-state index >= 15 is 0 Å². The Bertz CT molecular complexity index is 322. The maximum Gasteiger partial charge on any atom is 0.115 e. The molecule has 0 bridgehead atoms. The molecule has 0 saturated heterocycles. The van der Waals surface area contributed by atoms with Gasteiger partial charge in [-0.2, -0.15) is 0 Å². The smallest absolute Gasteiger partial charge is 0.115 e. The first kappa shape index (κ1) is 12.6. The van der Waals surface area contributed by atoms with Crippen molar-refractivity contribution in [3.8, 4) is 5.75 Å². The van der Waals surface area contributed by atoms with Crippen LogP contribution < -0.4 is 0 Å². The summed E-state index contributed by atoms with van der Waals surface area (Å²) in [5, 5.41) is 10.4. The molecule has 84 valence electrons. The molecule has 0 aliphatic carbocycles. The SMILES string of the molecule is CC(C)C(C)(CBr)Cc1cccc(O)c1. The van der Waals surface area contributed by atoms with E-state index in [4.69, 9.17) is 0 Å². The fourth-order valence-corrected chi connectivity index (χ4v) is 2.38. The number of rotatable bonds is 4. The zero-order valence-electron chi connectivity index (χ0n) is 9.63. The number of phenols is 1. The third-order valence-corrected chi connectivity index (χ3v) is 4.50. The van der Waals surface area contributed by atoms with Gasteiger partial charge in [0.05, 0.1) is 0 Å². The van der Waals surface area contributed by atoms with Gasteiger partial charge in [-0.15, -0.1) is 0 Å². The van der Waals surface area contributed by atoms with Crippen LogP contribution in [-0.4, -0.2) is 10.4 Å². The van der Waals surface area contributed by atoms with E-state index in [1.165, 1.54) is 5.56 Å². The van der Waals surface area contributed by atoms with Crippen molar-refractivity contribution in [3.05, 3.63) is 29.8 Å². The highest BCUT2D eigenvalue weighted by atomic mass is 79.9. The van der Waals surface area contributed by atoms with Crippen LogP contribution in [0.4, 0.5) is 0 Å². The summed E-state index contributed by atoms with van der Waals surface area (Å²) in [4.78, 5) is 0. The standard InChI is InChI=1S/C13H19BrO/c1-10(2)13(3,9-14)8-11-5-4-6-12(15)7-11/h4-7,10,15H,8-9H2,1-3H3. The Morgan fingerprint density at radius 3 is 2.53 bits per heavy atom. The van der Waals surface area contributed by atoms with Crippen molar-refractivity contribution in [2.45, 2.75) is 27.2 Å². The minimum absolute atomic E-state index is 0.244. The topological polar surface area (TPSA) is 20.2 Å². The molecule has 1 aromatic rings. The highest BCUT2D eigenvalue weighted by Crippen LogP contribution is 2.33. The highest BCUT2D eigenvalue weighted by Gasteiger charge is 2.27. The van der Waals surface area contributed by atoms with Gasteiger partial charge < -0.3 is 5.11 Å². The molecular formula is C13H19BrO. The summed E-state index contributed by atoms with van der Waals surface area (Å²) < 4.78 is 0. The lowest BCUT2D eigenvalue weighted by molar-refractivity contribution is 0.257. The van der Waals surface area contributed by atoms with E-state index in [2.05, 4.69) is 42.8 Å². The Balaban J connectivity index is 2.84. The first-order chi connectivity index (χ1) is 6.98. The normalized spacial score (nSPS) is 15.3. The van der Waals surface area contributed by atoms with Crippen LogP contribution in [0.1, 0.15) is 26.3 Å². The second-order valence-electron chi connectivity index (χ2n) is 4.79. The summed E-state index contributed by atoms with van der Waals surface area (Å²) in [7, 11) is 0. The van der Waals surface area contributed by atoms with E-state index in [0.29, 0.717) is 11.7 Å². The molecule has 2 heteroatoms. The van der Waals surface area contributed by atoms with Gasteiger partial charge in [0.2, 0.25) is 0 Å². The van der Waals surface area contributed by atoms with Crippen LogP contribution in [0.2, 0.25) is 0 Å². The van der Waals surface area contributed by atoms with Crippen molar-refractivity contribution in [3.63, 3.8) is 0 Å². The zero-order valence-corrected chi connectivity index (χ0v) is 11.2. The molecule has 0 heterocycles. The summed E-state index contributed by atoms with van der Waals surface area (Å²) in [6.45, 7) is 6.75. The van der Waals surface area contributed by atoms with Gasteiger partial charge in [0.25, 0.3) is 0 Å². The molecule has 0 saturated carbocycles. The molecule has 1 unspecified atom stereocenters. The van der Waals surface area contributed by atoms with Gasteiger partial charge in [-0.3, -0.25) is 0 Å². The molecule has 0 aliphatic heterocycles. The number of alkyl halides is 1. The van der Waals surface area contributed by atoms with Gasteiger partial charge in [-0.25, -0.2) is 0 Å². The molecule has 0 spiro atoms. The van der Waals surface area contributed by atoms with Gasteiger partial charge in [0.1, 0.15) is 5.75 Å². The average molecular weight is 271 g/mol. The third-order valence-electron chi connectivity index (χ3n) is 3.22. The van der Waals surface area contributed by atoms with Crippen LogP contribution >= 0.6 is 15.9 Å². The van der Waals surface area contributed by atoms with Crippen molar-refractivity contribution in [2.24, 2.45) is 11.3 Å². The van der Waals surface area contributed by atoms with E-state index in [1.807, 2.05) is 12.1 Å². The van der Waals surface area contributed by atoms with Crippen molar-refractivity contribution in [1.82, 2.24) is 0 Å². The van der Waals surface area contributed by atoms with Crippen LogP contribution in [0, 0.1) is 11.3 Å². The summed E-state index contributed by atoms with van der Waals surface area (Å²) in [6.07, 6.45) is 0.990. The number of aromatic hydroxyl groups is 1. The monoisotopic (exact) mass is 270 g/mol. The summed E-state index contributed by atoms with van der Waals surface area (Å²) in [5.41, 5.74) is 1.44. The molecular weight excluding hydrogens is 252 g/mol. The molecule has 1 rings (SSSR count). The third kappa shape index (κ3) is 3.23. The quantitative estimate of drug-likeness (QED) is 0.821. The maximum absolute atomic E-state index is 9.41. The fraction of sp³-hybridized carbons (Fsp3) is 0.538. The van der Waals surface area contributed by atoms with Crippen molar-refractivity contribution < 1.29 is 5.11 Å². The lowest BCUT2D eigenvalue weighted by Gasteiger charge is -2.32. The maximum atomic E-state index is 9.41. The molecule has 1 aromatic carbocycles. The number of hydrogen-bond donors (Lipinski definition) is 1. The highest BCUT2D eigenvalue weighted by molar-refractivity contribution is 9.09. The predicted octanol–water partition coefficient (Wildman–Crippen LogP) is 3.99. The summed E-state index contributed by atoms with van der Waals surface area (Å²) in [5.74, 6) is 0.965. The van der Waals surface area contributed by atoms with Crippen LogP contribution in [-0.2, 0) is 6.42 Å². The first-order valence-electron chi connectivity index (χ1n) is 5.32. The van der Waals surface area contributed by atoms with Gasteiger partial charge in [0, 0.05) is 5.33 Å². The van der Waals surface area contributed by atoms with Crippen molar-refractivity contribution >= 4 is 15.9 Å². The molecule has 1 N–H and O–H groups in total. The Morgan fingerprint density at radius 1 is 1.40 bits per heavy atom. The fourth-order valence-electron chi connectivity index (χ4n) is 1.54. The number of hydrogen-bond acceptors (Lipinski definition) is 1. The lowest BCUT2D eigenvalue weighted by Crippen LogP contribution is -2.27. The predicted molar refractivity (Wildman–Crippen MR) is 68.5 cm³/mol. The Morgan fingerprint density at radius 2 is 2.07 bits per heavy atom. The molecule has 15 heavy (non-hydrogen) atoms. The average Bonchev–Trinajstić information content (AvgIpc) is 2.17. The Labute approximate surface area is 101 Å².